The van der Waals surface area contributed by atoms with E-state index in [2.05, 4.69) is 0 Å². The highest BCUT2D eigenvalue weighted by molar-refractivity contribution is 5.69. The van der Waals surface area contributed by atoms with Crippen LogP contribution in [-0.4, -0.2) is 4.57 Å². The van der Waals surface area contributed by atoms with E-state index in [4.69, 9.17) is 0 Å². The maximum Gasteiger partial charge on any atom is 0.416 e. The van der Waals surface area contributed by atoms with Gasteiger partial charge in [0.2, 0.25) is 5.69 Å². The molecule has 0 aliphatic heterocycles. The number of rotatable bonds is 2. The summed E-state index contributed by atoms with van der Waals surface area (Å²) < 4.78 is 43.9. The molecule has 0 unspecified atom stereocenters. The molecule has 0 atom stereocenters. The molecule has 0 radical (unpaired) electrons. The van der Waals surface area contributed by atoms with Crippen LogP contribution in [0.25, 0.3) is 16.9 Å². The highest BCUT2D eigenvalue weighted by Gasteiger charge is 2.34. The molecular formula is C19H18F3N2+. The van der Waals surface area contributed by atoms with Gasteiger partial charge >= 0.3 is 6.18 Å². The molecular weight excluding hydrogens is 313 g/mol. The molecule has 3 aromatic rings. The van der Waals surface area contributed by atoms with Crippen molar-refractivity contribution in [3.8, 4) is 16.9 Å². The van der Waals surface area contributed by atoms with Crippen LogP contribution in [0.2, 0.25) is 0 Å². The number of hydrogen-bond acceptors (Lipinski definition) is 0. The van der Waals surface area contributed by atoms with Crippen molar-refractivity contribution in [2.45, 2.75) is 20.0 Å². The zero-order valence-corrected chi connectivity index (χ0v) is 13.7. The minimum atomic E-state index is -4.40. The number of pyridine rings is 1. The van der Waals surface area contributed by atoms with Gasteiger partial charge in [0.25, 0.3) is 0 Å². The van der Waals surface area contributed by atoms with E-state index in [0.717, 1.165) is 17.0 Å². The lowest BCUT2D eigenvalue weighted by Crippen LogP contribution is -2.35. The second-order valence-corrected chi connectivity index (χ2v) is 5.88. The topological polar surface area (TPSA) is 8.81 Å². The average molecular weight is 331 g/mol. The summed E-state index contributed by atoms with van der Waals surface area (Å²) in [5.74, 6) is 0. The van der Waals surface area contributed by atoms with Crippen LogP contribution in [-0.2, 0) is 13.2 Å². The molecule has 0 aliphatic carbocycles. The summed E-state index contributed by atoms with van der Waals surface area (Å²) in [6.45, 7) is 3.74. The number of aromatic nitrogens is 2. The number of alkyl halides is 3. The molecule has 2 heterocycles. The number of nitrogens with zero attached hydrogens (tertiary/aromatic N) is 2. The van der Waals surface area contributed by atoms with Crippen LogP contribution in [0.4, 0.5) is 13.2 Å². The lowest BCUT2D eigenvalue weighted by atomic mass is 9.99. The Morgan fingerprint density at radius 1 is 1.00 bits per heavy atom. The Hall–Kier alpha value is -2.56. The van der Waals surface area contributed by atoms with Crippen molar-refractivity contribution >= 4 is 0 Å². The second kappa shape index (κ2) is 5.82. The fourth-order valence-corrected chi connectivity index (χ4v) is 2.92. The van der Waals surface area contributed by atoms with Gasteiger partial charge in [-0.2, -0.15) is 17.7 Å². The number of hydrogen-bond donors (Lipinski definition) is 0. The first-order valence-corrected chi connectivity index (χ1v) is 7.60. The zero-order chi connectivity index (χ0) is 17.5. The van der Waals surface area contributed by atoms with Gasteiger partial charge in [0, 0.05) is 55.2 Å². The predicted molar refractivity (Wildman–Crippen MR) is 86.9 cm³/mol. The van der Waals surface area contributed by atoms with Gasteiger partial charge in [-0.05, 0) is 25.1 Å². The highest BCUT2D eigenvalue weighted by Crippen LogP contribution is 2.36. The normalized spacial score (nSPS) is 11.8. The molecule has 0 fully saturated rings. The first-order chi connectivity index (χ1) is 11.3. The van der Waals surface area contributed by atoms with E-state index in [1.807, 2.05) is 62.0 Å². The molecule has 1 aromatic carbocycles. The van der Waals surface area contributed by atoms with Crippen molar-refractivity contribution in [2.75, 3.05) is 0 Å². The molecule has 3 rings (SSSR count). The van der Waals surface area contributed by atoms with E-state index in [-0.39, 0.29) is 0 Å². The fraction of sp³-hybridized carbons (Fsp3) is 0.211. The number of halogens is 3. The average Bonchev–Trinajstić information content (AvgIpc) is 2.93. The van der Waals surface area contributed by atoms with Crippen LogP contribution < -0.4 is 4.57 Å². The molecule has 0 aliphatic rings. The van der Waals surface area contributed by atoms with Gasteiger partial charge in [-0.15, -0.1) is 0 Å². The van der Waals surface area contributed by atoms with Gasteiger partial charge in [0.15, 0.2) is 11.9 Å². The maximum atomic E-state index is 13.4. The summed E-state index contributed by atoms with van der Waals surface area (Å²) in [6, 6.07) is 11.7. The SMILES string of the molecule is Cc1c(-c2cccn2C)cc(C(F)(F)F)cc1-[n+]1ccccc1C. The van der Waals surface area contributed by atoms with Crippen LogP contribution in [0.1, 0.15) is 16.8 Å². The Bertz CT molecular complexity index is 892. The van der Waals surface area contributed by atoms with Crippen molar-refractivity contribution in [1.82, 2.24) is 4.57 Å². The molecule has 0 amide bonds. The van der Waals surface area contributed by atoms with E-state index in [9.17, 15) is 13.2 Å². The summed E-state index contributed by atoms with van der Waals surface area (Å²) in [5, 5.41) is 0. The molecule has 0 saturated heterocycles. The van der Waals surface area contributed by atoms with Crippen LogP contribution >= 0.6 is 0 Å². The van der Waals surface area contributed by atoms with Crippen LogP contribution in [0.15, 0.2) is 54.9 Å². The standard InChI is InChI=1S/C19H18F3N2/c1-13-7-4-5-10-24(13)18-12-15(19(20,21)22)11-16(14(18)2)17-8-6-9-23(17)3/h4-12H,1-3H3/q+1. The van der Waals surface area contributed by atoms with Crippen LogP contribution in [0, 0.1) is 13.8 Å². The summed E-state index contributed by atoms with van der Waals surface area (Å²) in [6.07, 6.45) is -0.784. The lowest BCUT2D eigenvalue weighted by molar-refractivity contribution is -0.603. The smallest absolute Gasteiger partial charge is 0.351 e. The van der Waals surface area contributed by atoms with E-state index < -0.39 is 11.7 Å². The van der Waals surface area contributed by atoms with Gasteiger partial charge in [0.1, 0.15) is 0 Å². The van der Waals surface area contributed by atoms with Gasteiger partial charge in [0.05, 0.1) is 5.56 Å². The monoisotopic (exact) mass is 331 g/mol. The van der Waals surface area contributed by atoms with E-state index in [1.54, 1.807) is 10.8 Å². The Labute approximate surface area is 138 Å². The number of aryl methyl sites for hydroxylation is 2. The molecule has 0 spiro atoms. The molecule has 24 heavy (non-hydrogen) atoms. The third-order valence-corrected chi connectivity index (χ3v) is 4.25. The van der Waals surface area contributed by atoms with E-state index >= 15 is 0 Å². The Morgan fingerprint density at radius 3 is 2.33 bits per heavy atom. The molecule has 124 valence electrons. The molecule has 0 N–H and O–H groups in total. The third-order valence-electron chi connectivity index (χ3n) is 4.25. The van der Waals surface area contributed by atoms with Crippen molar-refractivity contribution in [3.05, 3.63) is 71.7 Å². The van der Waals surface area contributed by atoms with Gasteiger partial charge < -0.3 is 4.57 Å². The van der Waals surface area contributed by atoms with Gasteiger partial charge in [-0.3, -0.25) is 0 Å². The minimum absolute atomic E-state index is 0.541. The Balaban J connectivity index is 2.34. The largest absolute Gasteiger partial charge is 0.416 e. The summed E-state index contributed by atoms with van der Waals surface area (Å²) in [5.41, 5.74) is 2.92. The van der Waals surface area contributed by atoms with Crippen LogP contribution in [0.3, 0.4) is 0 Å². The maximum absolute atomic E-state index is 13.4. The first kappa shape index (κ1) is 16.3. The Kier molecular flexibility index (Phi) is 3.95. The van der Waals surface area contributed by atoms with E-state index in [1.165, 1.54) is 12.1 Å². The zero-order valence-electron chi connectivity index (χ0n) is 13.7. The lowest BCUT2D eigenvalue weighted by Gasteiger charge is -2.14. The summed E-state index contributed by atoms with van der Waals surface area (Å²) in [7, 11) is 1.83. The number of benzene rings is 1. The summed E-state index contributed by atoms with van der Waals surface area (Å²) >= 11 is 0. The first-order valence-electron chi connectivity index (χ1n) is 7.60. The minimum Gasteiger partial charge on any atom is -0.351 e. The Morgan fingerprint density at radius 2 is 1.75 bits per heavy atom. The van der Waals surface area contributed by atoms with Gasteiger partial charge in [-0.1, -0.05) is 6.07 Å². The molecule has 5 heteroatoms. The molecule has 2 aromatic heterocycles. The van der Waals surface area contributed by atoms with Crippen molar-refractivity contribution < 1.29 is 17.7 Å². The highest BCUT2D eigenvalue weighted by atomic mass is 19.4. The fourth-order valence-electron chi connectivity index (χ4n) is 2.92. The predicted octanol–water partition coefficient (Wildman–Crippen LogP) is 4.60. The van der Waals surface area contributed by atoms with Crippen molar-refractivity contribution in [2.24, 2.45) is 7.05 Å². The van der Waals surface area contributed by atoms with Crippen molar-refractivity contribution in [3.63, 3.8) is 0 Å². The van der Waals surface area contributed by atoms with Crippen molar-refractivity contribution in [1.29, 1.82) is 0 Å². The molecule has 2 nitrogen and oxygen atoms in total. The summed E-state index contributed by atoms with van der Waals surface area (Å²) in [4.78, 5) is 0. The third kappa shape index (κ3) is 2.82. The second-order valence-electron chi connectivity index (χ2n) is 5.88. The van der Waals surface area contributed by atoms with E-state index in [0.29, 0.717) is 11.3 Å². The quantitative estimate of drug-likeness (QED) is 0.607. The van der Waals surface area contributed by atoms with Crippen LogP contribution in [0.5, 0.6) is 0 Å². The molecule has 0 saturated carbocycles. The molecule has 0 bridgehead atoms. The van der Waals surface area contributed by atoms with Gasteiger partial charge in [-0.25, -0.2) is 0 Å².